The maximum atomic E-state index is 12.6. The van der Waals surface area contributed by atoms with Gasteiger partial charge in [0.2, 0.25) is 15.9 Å². The van der Waals surface area contributed by atoms with E-state index in [4.69, 9.17) is 0 Å². The van der Waals surface area contributed by atoms with Gasteiger partial charge in [-0.3, -0.25) is 4.79 Å². The first-order chi connectivity index (χ1) is 9.32. The highest BCUT2D eigenvalue weighted by Crippen LogP contribution is 2.24. The summed E-state index contributed by atoms with van der Waals surface area (Å²) >= 11 is 0. The molecule has 1 amide bonds. The summed E-state index contributed by atoms with van der Waals surface area (Å²) in [6.45, 7) is 4.86. The Morgan fingerprint density at radius 3 is 2.05 bits per heavy atom. The number of benzene rings is 1. The Labute approximate surface area is 121 Å². The number of sulfonamides is 1. The van der Waals surface area contributed by atoms with Crippen molar-refractivity contribution in [2.75, 3.05) is 26.4 Å². The maximum Gasteiger partial charge on any atom is 0.245 e. The number of carbonyl (C=O) groups excluding carboxylic acids is 1. The summed E-state index contributed by atoms with van der Waals surface area (Å²) in [5.74, 6) is -0.200. The molecule has 0 aliphatic rings. The lowest BCUT2D eigenvalue weighted by atomic mass is 10.1. The predicted octanol–water partition coefficient (Wildman–Crippen LogP) is 1.49. The van der Waals surface area contributed by atoms with Gasteiger partial charge in [-0.1, -0.05) is 30.3 Å². The Morgan fingerprint density at radius 2 is 1.65 bits per heavy atom. The molecule has 0 heterocycles. The lowest BCUT2D eigenvalue weighted by molar-refractivity contribution is -0.134. The third-order valence-electron chi connectivity index (χ3n) is 3.31. The lowest BCUT2D eigenvalue weighted by Crippen LogP contribution is -2.43. The monoisotopic (exact) mass is 298 g/mol. The summed E-state index contributed by atoms with van der Waals surface area (Å²) in [5, 5.41) is 0. The molecule has 112 valence electrons. The molecular formula is C14H22N2O3S. The van der Waals surface area contributed by atoms with Gasteiger partial charge in [-0.2, -0.15) is 4.31 Å². The Kier molecular flexibility index (Phi) is 5.71. The second kappa shape index (κ2) is 6.85. The van der Waals surface area contributed by atoms with Crippen LogP contribution in [0.5, 0.6) is 0 Å². The molecule has 0 bridgehead atoms. The molecule has 0 aliphatic carbocycles. The lowest BCUT2D eigenvalue weighted by Gasteiger charge is -2.30. The molecule has 1 aromatic rings. The van der Waals surface area contributed by atoms with Crippen LogP contribution in [0.1, 0.15) is 25.5 Å². The van der Waals surface area contributed by atoms with E-state index in [0.717, 1.165) is 10.6 Å². The number of likely N-dealkylation sites (N-methyl/N-ethyl adjacent to an activating group) is 2. The molecule has 1 atom stereocenters. The van der Waals surface area contributed by atoms with Gasteiger partial charge in [0, 0.05) is 20.1 Å². The first kappa shape index (κ1) is 16.7. The van der Waals surface area contributed by atoms with E-state index < -0.39 is 16.1 Å². The average molecular weight is 298 g/mol. The Balaban J connectivity index is 3.25. The van der Waals surface area contributed by atoms with Crippen molar-refractivity contribution in [2.24, 2.45) is 0 Å². The highest BCUT2D eigenvalue weighted by molar-refractivity contribution is 7.88. The number of amides is 1. The zero-order chi connectivity index (χ0) is 15.3. The Hall–Kier alpha value is -1.40. The van der Waals surface area contributed by atoms with E-state index in [0.29, 0.717) is 18.7 Å². The van der Waals surface area contributed by atoms with Crippen molar-refractivity contribution in [3.05, 3.63) is 35.9 Å². The number of hydrogen-bond donors (Lipinski definition) is 0. The molecule has 0 aromatic heterocycles. The van der Waals surface area contributed by atoms with Crippen molar-refractivity contribution < 1.29 is 13.2 Å². The highest BCUT2D eigenvalue weighted by Gasteiger charge is 2.32. The van der Waals surface area contributed by atoms with Crippen molar-refractivity contribution in [1.82, 2.24) is 9.21 Å². The topological polar surface area (TPSA) is 57.7 Å². The van der Waals surface area contributed by atoms with Gasteiger partial charge in [-0.15, -0.1) is 0 Å². The van der Waals surface area contributed by atoms with Crippen LogP contribution in [0.25, 0.3) is 0 Å². The van der Waals surface area contributed by atoms with Crippen LogP contribution in [0.2, 0.25) is 0 Å². The van der Waals surface area contributed by atoms with E-state index in [2.05, 4.69) is 0 Å². The number of rotatable bonds is 6. The molecule has 1 unspecified atom stereocenters. The molecule has 0 spiro atoms. The summed E-state index contributed by atoms with van der Waals surface area (Å²) in [7, 11) is -2.02. The maximum absolute atomic E-state index is 12.6. The molecule has 0 N–H and O–H groups in total. The molecule has 1 aromatic carbocycles. The summed E-state index contributed by atoms with van der Waals surface area (Å²) in [4.78, 5) is 14.3. The standard InChI is InChI=1S/C14H22N2O3S/c1-5-16(6-2)14(17)13(15(3)20(4,18)19)12-10-8-7-9-11-12/h7-11,13H,5-6H2,1-4H3. The van der Waals surface area contributed by atoms with Gasteiger partial charge in [-0.25, -0.2) is 8.42 Å². The second-order valence-corrected chi connectivity index (χ2v) is 6.64. The predicted molar refractivity (Wildman–Crippen MR) is 79.7 cm³/mol. The fraction of sp³-hybridized carbons (Fsp3) is 0.500. The van der Waals surface area contributed by atoms with E-state index in [9.17, 15) is 13.2 Å². The minimum Gasteiger partial charge on any atom is -0.342 e. The fourth-order valence-electron chi connectivity index (χ4n) is 2.04. The highest BCUT2D eigenvalue weighted by atomic mass is 32.2. The second-order valence-electron chi connectivity index (χ2n) is 4.60. The van der Waals surface area contributed by atoms with Crippen LogP contribution in [-0.4, -0.2) is 49.9 Å². The van der Waals surface area contributed by atoms with E-state index in [1.54, 1.807) is 29.2 Å². The Bertz CT molecular complexity index is 539. The molecule has 0 saturated heterocycles. The molecule has 0 fully saturated rings. The number of nitrogens with zero attached hydrogens (tertiary/aromatic N) is 2. The van der Waals surface area contributed by atoms with Gasteiger partial charge in [0.25, 0.3) is 0 Å². The average Bonchev–Trinajstić information content (AvgIpc) is 2.40. The van der Waals surface area contributed by atoms with E-state index in [-0.39, 0.29) is 5.91 Å². The molecule has 5 nitrogen and oxygen atoms in total. The van der Waals surface area contributed by atoms with Crippen LogP contribution in [0.4, 0.5) is 0 Å². The Morgan fingerprint density at radius 1 is 1.15 bits per heavy atom. The van der Waals surface area contributed by atoms with Crippen molar-refractivity contribution in [3.63, 3.8) is 0 Å². The quantitative estimate of drug-likeness (QED) is 0.799. The van der Waals surface area contributed by atoms with Gasteiger partial charge in [0.1, 0.15) is 6.04 Å². The van der Waals surface area contributed by atoms with Crippen LogP contribution in [-0.2, 0) is 14.8 Å². The molecule has 0 aliphatic heterocycles. The molecule has 20 heavy (non-hydrogen) atoms. The van der Waals surface area contributed by atoms with Gasteiger partial charge in [0.05, 0.1) is 6.26 Å². The minimum absolute atomic E-state index is 0.200. The van der Waals surface area contributed by atoms with E-state index in [1.807, 2.05) is 19.9 Å². The largest absolute Gasteiger partial charge is 0.342 e. The molecule has 1 rings (SSSR count). The van der Waals surface area contributed by atoms with Gasteiger partial charge in [-0.05, 0) is 19.4 Å². The molecule has 0 saturated carbocycles. The zero-order valence-corrected chi connectivity index (χ0v) is 13.2. The van der Waals surface area contributed by atoms with Gasteiger partial charge < -0.3 is 4.90 Å². The van der Waals surface area contributed by atoms with E-state index in [1.165, 1.54) is 7.05 Å². The molecule has 0 radical (unpaired) electrons. The summed E-state index contributed by atoms with van der Waals surface area (Å²) < 4.78 is 24.7. The third-order valence-corrected chi connectivity index (χ3v) is 4.57. The third kappa shape index (κ3) is 3.80. The van der Waals surface area contributed by atoms with Crippen LogP contribution in [0.15, 0.2) is 30.3 Å². The number of carbonyl (C=O) groups is 1. The van der Waals surface area contributed by atoms with Crippen LogP contribution in [0, 0.1) is 0 Å². The first-order valence-electron chi connectivity index (χ1n) is 6.59. The van der Waals surface area contributed by atoms with Crippen molar-refractivity contribution >= 4 is 15.9 Å². The van der Waals surface area contributed by atoms with Crippen molar-refractivity contribution in [1.29, 1.82) is 0 Å². The summed E-state index contributed by atoms with van der Waals surface area (Å²) in [6, 6.07) is 8.16. The zero-order valence-electron chi connectivity index (χ0n) is 12.4. The van der Waals surface area contributed by atoms with Crippen LogP contribution >= 0.6 is 0 Å². The fourth-order valence-corrected chi connectivity index (χ4v) is 2.64. The smallest absolute Gasteiger partial charge is 0.245 e. The van der Waals surface area contributed by atoms with Crippen LogP contribution in [0.3, 0.4) is 0 Å². The van der Waals surface area contributed by atoms with Crippen LogP contribution < -0.4 is 0 Å². The van der Waals surface area contributed by atoms with E-state index >= 15 is 0 Å². The summed E-state index contributed by atoms with van der Waals surface area (Å²) in [6.07, 6.45) is 1.11. The SMILES string of the molecule is CCN(CC)C(=O)C(c1ccccc1)N(C)S(C)(=O)=O. The normalized spacial score (nSPS) is 13.2. The van der Waals surface area contributed by atoms with Crippen molar-refractivity contribution in [2.45, 2.75) is 19.9 Å². The van der Waals surface area contributed by atoms with Gasteiger partial charge >= 0.3 is 0 Å². The summed E-state index contributed by atoms with van der Waals surface area (Å²) in [5.41, 5.74) is 0.678. The van der Waals surface area contributed by atoms with Crippen molar-refractivity contribution in [3.8, 4) is 0 Å². The minimum atomic E-state index is -3.46. The number of hydrogen-bond acceptors (Lipinski definition) is 3. The van der Waals surface area contributed by atoms with Gasteiger partial charge in [0.15, 0.2) is 0 Å². The first-order valence-corrected chi connectivity index (χ1v) is 8.44. The molecule has 6 heteroatoms. The molecular weight excluding hydrogens is 276 g/mol.